The predicted octanol–water partition coefficient (Wildman–Crippen LogP) is 6.51. The van der Waals surface area contributed by atoms with Gasteiger partial charge in [-0.1, -0.05) is 41.6 Å². The number of hydrogen-bond donors (Lipinski definition) is 0. The summed E-state index contributed by atoms with van der Waals surface area (Å²) in [6.45, 7) is 8.00. The molecule has 2 atom stereocenters. The lowest BCUT2D eigenvalue weighted by molar-refractivity contribution is -0.148. The Bertz CT molecular complexity index is 1170. The van der Waals surface area contributed by atoms with Crippen LogP contribution in [-0.4, -0.2) is 30.6 Å². The van der Waals surface area contributed by atoms with Gasteiger partial charge in [-0.15, -0.1) is 0 Å². The molecule has 0 saturated carbocycles. The number of carbonyl (C=O) groups excluding carboxylic acids is 1. The molecule has 0 radical (unpaired) electrons. The van der Waals surface area contributed by atoms with E-state index in [1.165, 1.54) is 11.1 Å². The second-order valence-corrected chi connectivity index (χ2v) is 9.60. The molecule has 1 saturated heterocycles. The normalized spacial score (nSPS) is 15.8. The summed E-state index contributed by atoms with van der Waals surface area (Å²) in [6, 6.07) is 20.4. The highest BCUT2D eigenvalue weighted by Crippen LogP contribution is 2.38. The molecule has 6 heteroatoms. The van der Waals surface area contributed by atoms with E-state index in [0.717, 1.165) is 48.4 Å². The molecule has 0 N–H and O–H groups in total. The van der Waals surface area contributed by atoms with Crippen molar-refractivity contribution < 1.29 is 9.53 Å². The van der Waals surface area contributed by atoms with Crippen LogP contribution in [0.15, 0.2) is 72.0 Å². The van der Waals surface area contributed by atoms with Crippen molar-refractivity contribution in [2.45, 2.75) is 52.0 Å². The fourth-order valence-electron chi connectivity index (χ4n) is 5.21. The van der Waals surface area contributed by atoms with Crippen molar-refractivity contribution >= 4 is 11.7 Å². The van der Waals surface area contributed by atoms with Crippen LogP contribution in [0.3, 0.4) is 0 Å². The molecule has 1 unspecified atom stereocenters. The molecule has 0 bridgehead atoms. The molecule has 1 aromatic heterocycles. The maximum atomic E-state index is 12.1. The quantitative estimate of drug-likeness (QED) is 0.255. The van der Waals surface area contributed by atoms with Gasteiger partial charge in [-0.25, -0.2) is 0 Å². The maximum Gasteiger partial charge on any atom is 0.309 e. The van der Waals surface area contributed by atoms with E-state index in [9.17, 15) is 9.70 Å². The monoisotopic (exact) mass is 485 g/mol. The van der Waals surface area contributed by atoms with Crippen molar-refractivity contribution in [2.24, 2.45) is 11.1 Å². The van der Waals surface area contributed by atoms with Crippen LogP contribution < -0.4 is 4.90 Å². The minimum atomic E-state index is -0.460. The van der Waals surface area contributed by atoms with E-state index in [4.69, 9.17) is 4.74 Å². The Kier molecular flexibility index (Phi) is 8.47. The van der Waals surface area contributed by atoms with Gasteiger partial charge in [0.1, 0.15) is 6.04 Å². The minimum Gasteiger partial charge on any atom is -0.466 e. The number of hydrogen-bond acceptors (Lipinski definition) is 6. The Labute approximate surface area is 213 Å². The average molecular weight is 486 g/mol. The van der Waals surface area contributed by atoms with E-state index in [1.54, 1.807) is 6.20 Å². The first-order valence-electron chi connectivity index (χ1n) is 12.8. The van der Waals surface area contributed by atoms with Gasteiger partial charge in [0.2, 0.25) is 0 Å². The van der Waals surface area contributed by atoms with Crippen molar-refractivity contribution in [3.8, 4) is 0 Å². The summed E-state index contributed by atoms with van der Waals surface area (Å²) >= 11 is 0. The van der Waals surface area contributed by atoms with Gasteiger partial charge in [0.25, 0.3) is 0 Å². The largest absolute Gasteiger partial charge is 0.466 e. The number of rotatable bonds is 9. The zero-order valence-electron chi connectivity index (χ0n) is 21.4. The van der Waals surface area contributed by atoms with E-state index >= 15 is 0 Å². The number of aryl methyl sites for hydroxylation is 2. The molecule has 1 fully saturated rings. The highest BCUT2D eigenvalue weighted by atomic mass is 16.5. The molecule has 1 aliphatic rings. The number of ether oxygens (including phenoxy) is 1. The molecular weight excluding hydrogens is 450 g/mol. The lowest BCUT2D eigenvalue weighted by atomic mass is 9.82. The summed E-state index contributed by atoms with van der Waals surface area (Å²) < 4.78 is 5.20. The standard InChI is InChI=1S/C30H35N3O3/c1-4-36-30(34)24-14-17-33(18-15-24)26-11-9-23(10-12-26)28(27-8-6-5-7-21(27)2)20-29(32-35)25-13-16-31-22(3)19-25/h5-13,16,19,24,28-29H,4,14-15,17-18,20H2,1-3H3/t28-,29?/m1/s1. The Balaban J connectivity index is 1.55. The third-order valence-corrected chi connectivity index (χ3v) is 7.23. The Hall–Kier alpha value is -3.54. The van der Waals surface area contributed by atoms with Crippen LogP contribution >= 0.6 is 0 Å². The molecular formula is C30H35N3O3. The highest BCUT2D eigenvalue weighted by molar-refractivity contribution is 5.73. The first-order chi connectivity index (χ1) is 17.5. The van der Waals surface area contributed by atoms with Crippen LogP contribution in [-0.2, 0) is 9.53 Å². The molecule has 188 valence electrons. The number of benzene rings is 2. The summed E-state index contributed by atoms with van der Waals surface area (Å²) in [5.74, 6) is -0.0437. The first-order valence-corrected chi connectivity index (χ1v) is 12.8. The van der Waals surface area contributed by atoms with Crippen molar-refractivity contribution in [2.75, 3.05) is 24.6 Å². The summed E-state index contributed by atoms with van der Waals surface area (Å²) in [4.78, 5) is 30.6. The molecule has 6 nitrogen and oxygen atoms in total. The van der Waals surface area contributed by atoms with E-state index in [-0.39, 0.29) is 17.8 Å². The summed E-state index contributed by atoms with van der Waals surface area (Å²) in [6.07, 6.45) is 3.95. The first kappa shape index (κ1) is 25.5. The number of piperidine rings is 1. The maximum absolute atomic E-state index is 12.1. The second-order valence-electron chi connectivity index (χ2n) is 9.60. The molecule has 2 aromatic carbocycles. The third kappa shape index (κ3) is 5.99. The highest BCUT2D eigenvalue weighted by Gasteiger charge is 2.27. The lowest BCUT2D eigenvalue weighted by Gasteiger charge is -2.33. The van der Waals surface area contributed by atoms with Gasteiger partial charge in [-0.05, 0) is 86.6 Å². The van der Waals surface area contributed by atoms with Crippen LogP contribution in [0.4, 0.5) is 5.69 Å². The summed E-state index contributed by atoms with van der Waals surface area (Å²) in [5, 5.41) is 3.52. The number of nitrogens with zero attached hydrogens (tertiary/aromatic N) is 3. The molecule has 0 amide bonds. The zero-order valence-corrected chi connectivity index (χ0v) is 21.4. The van der Waals surface area contributed by atoms with E-state index in [2.05, 4.69) is 64.4 Å². The molecule has 2 heterocycles. The minimum absolute atomic E-state index is 0.00416. The van der Waals surface area contributed by atoms with Gasteiger partial charge in [0, 0.05) is 36.6 Å². The van der Waals surface area contributed by atoms with Crippen LogP contribution in [0, 0.1) is 24.7 Å². The molecule has 36 heavy (non-hydrogen) atoms. The molecule has 3 aromatic rings. The number of pyridine rings is 1. The lowest BCUT2D eigenvalue weighted by Crippen LogP contribution is -2.36. The van der Waals surface area contributed by atoms with Gasteiger partial charge >= 0.3 is 5.97 Å². The van der Waals surface area contributed by atoms with Crippen LogP contribution in [0.25, 0.3) is 0 Å². The number of esters is 1. The van der Waals surface area contributed by atoms with Crippen molar-refractivity contribution in [1.29, 1.82) is 0 Å². The Morgan fingerprint density at radius 3 is 2.42 bits per heavy atom. The number of nitroso groups, excluding NO2 is 1. The van der Waals surface area contributed by atoms with Gasteiger partial charge in [-0.2, -0.15) is 4.91 Å². The number of anilines is 1. The molecule has 1 aliphatic heterocycles. The van der Waals surface area contributed by atoms with E-state index in [0.29, 0.717) is 13.0 Å². The number of carbonyl (C=O) groups is 1. The van der Waals surface area contributed by atoms with Gasteiger partial charge in [0.15, 0.2) is 0 Å². The van der Waals surface area contributed by atoms with Crippen LogP contribution in [0.2, 0.25) is 0 Å². The molecule has 0 spiro atoms. The number of aromatic nitrogens is 1. The van der Waals surface area contributed by atoms with Crippen molar-refractivity contribution in [1.82, 2.24) is 4.98 Å². The van der Waals surface area contributed by atoms with Crippen LogP contribution in [0.1, 0.15) is 66.1 Å². The molecule has 4 rings (SSSR count). The molecule has 0 aliphatic carbocycles. The van der Waals surface area contributed by atoms with Gasteiger partial charge < -0.3 is 9.64 Å². The average Bonchev–Trinajstić information content (AvgIpc) is 2.90. The fourth-order valence-corrected chi connectivity index (χ4v) is 5.21. The van der Waals surface area contributed by atoms with Crippen LogP contribution in [0.5, 0.6) is 0 Å². The zero-order chi connectivity index (χ0) is 25.5. The van der Waals surface area contributed by atoms with E-state index in [1.807, 2.05) is 32.0 Å². The van der Waals surface area contributed by atoms with E-state index < -0.39 is 6.04 Å². The summed E-state index contributed by atoms with van der Waals surface area (Å²) in [7, 11) is 0. The van der Waals surface area contributed by atoms with Gasteiger partial charge in [0.05, 0.1) is 12.5 Å². The summed E-state index contributed by atoms with van der Waals surface area (Å²) in [5.41, 5.74) is 6.50. The third-order valence-electron chi connectivity index (χ3n) is 7.23. The Morgan fingerprint density at radius 2 is 1.78 bits per heavy atom. The fraction of sp³-hybridized carbons (Fsp3) is 0.400. The Morgan fingerprint density at radius 1 is 1.06 bits per heavy atom. The SMILES string of the molecule is CCOC(=O)C1CCN(c2ccc([C@@H](CC(N=O)c3ccnc(C)c3)c3ccccc3C)cc2)CC1. The second kappa shape index (κ2) is 11.9. The van der Waals surface area contributed by atoms with Crippen molar-refractivity contribution in [3.05, 3.63) is 99.7 Å². The smallest absolute Gasteiger partial charge is 0.309 e. The van der Waals surface area contributed by atoms with Gasteiger partial charge in [-0.3, -0.25) is 9.78 Å². The predicted molar refractivity (Wildman–Crippen MR) is 143 cm³/mol. The topological polar surface area (TPSA) is 71.9 Å². The van der Waals surface area contributed by atoms with Crippen molar-refractivity contribution in [3.63, 3.8) is 0 Å².